The largest absolute Gasteiger partial charge is 0.409 e. The lowest BCUT2D eigenvalue weighted by Gasteiger charge is -2.24. The van der Waals surface area contributed by atoms with E-state index in [1.807, 2.05) is 0 Å². The number of amides is 1. The molecule has 0 aliphatic rings. The standard InChI is InChI=1S/C9H15N5O3/c1-3-9(2,7(10)13-16)8(15)11-4-6-12-5-17-14-6/h5,16H,3-4H2,1-2H3,(H2,10,13)(H,11,15). The van der Waals surface area contributed by atoms with E-state index >= 15 is 0 Å². The first-order valence-corrected chi connectivity index (χ1v) is 5.06. The number of rotatable bonds is 5. The van der Waals surface area contributed by atoms with Gasteiger partial charge in [-0.15, -0.1) is 0 Å². The molecule has 0 saturated heterocycles. The van der Waals surface area contributed by atoms with Gasteiger partial charge < -0.3 is 20.8 Å². The van der Waals surface area contributed by atoms with E-state index in [4.69, 9.17) is 10.9 Å². The van der Waals surface area contributed by atoms with Gasteiger partial charge in [-0.1, -0.05) is 17.2 Å². The van der Waals surface area contributed by atoms with Crippen LogP contribution in [0.25, 0.3) is 0 Å². The lowest BCUT2D eigenvalue weighted by atomic mass is 9.85. The molecule has 0 fully saturated rings. The Labute approximate surface area is 97.9 Å². The van der Waals surface area contributed by atoms with E-state index in [1.165, 1.54) is 6.39 Å². The summed E-state index contributed by atoms with van der Waals surface area (Å²) in [6.45, 7) is 3.49. The van der Waals surface area contributed by atoms with Crippen LogP contribution in [0.15, 0.2) is 16.1 Å². The molecule has 0 radical (unpaired) electrons. The molecule has 0 aliphatic heterocycles. The lowest BCUT2D eigenvalue weighted by molar-refractivity contribution is -0.127. The van der Waals surface area contributed by atoms with E-state index in [0.717, 1.165) is 0 Å². The number of amidine groups is 1. The summed E-state index contributed by atoms with van der Waals surface area (Å²) in [5.74, 6) is -0.137. The van der Waals surface area contributed by atoms with E-state index in [2.05, 4.69) is 25.1 Å². The highest BCUT2D eigenvalue weighted by molar-refractivity contribution is 6.06. The van der Waals surface area contributed by atoms with Gasteiger partial charge in [-0.2, -0.15) is 4.98 Å². The van der Waals surface area contributed by atoms with E-state index in [1.54, 1.807) is 13.8 Å². The average molecular weight is 241 g/mol. The summed E-state index contributed by atoms with van der Waals surface area (Å²) in [5.41, 5.74) is 4.44. The van der Waals surface area contributed by atoms with Crippen LogP contribution in [0.5, 0.6) is 0 Å². The fraction of sp³-hybridized carbons (Fsp3) is 0.556. The molecule has 8 nitrogen and oxygen atoms in total. The highest BCUT2D eigenvalue weighted by Gasteiger charge is 2.36. The number of hydrogen-bond donors (Lipinski definition) is 3. The minimum atomic E-state index is -1.06. The molecule has 8 heteroatoms. The molecule has 1 rings (SSSR count). The molecule has 1 aromatic heterocycles. The summed E-state index contributed by atoms with van der Waals surface area (Å²) in [5, 5.41) is 17.7. The fourth-order valence-electron chi connectivity index (χ4n) is 1.19. The first kappa shape index (κ1) is 12.9. The topological polar surface area (TPSA) is 127 Å². The Balaban J connectivity index is 2.67. The quantitative estimate of drug-likeness (QED) is 0.285. The van der Waals surface area contributed by atoms with Gasteiger partial charge in [0.25, 0.3) is 0 Å². The molecule has 0 aromatic carbocycles. The number of nitrogens with two attached hydrogens (primary N) is 1. The van der Waals surface area contributed by atoms with E-state index in [-0.39, 0.29) is 18.3 Å². The second-order valence-electron chi connectivity index (χ2n) is 3.70. The molecule has 4 N–H and O–H groups in total. The maximum atomic E-state index is 11.9. The molecule has 0 spiro atoms. The van der Waals surface area contributed by atoms with Crippen LogP contribution >= 0.6 is 0 Å². The van der Waals surface area contributed by atoms with Gasteiger partial charge in [0.15, 0.2) is 11.7 Å². The molecule has 94 valence electrons. The zero-order valence-corrected chi connectivity index (χ0v) is 9.67. The minimum Gasteiger partial charge on any atom is -0.409 e. The van der Waals surface area contributed by atoms with Gasteiger partial charge in [-0.3, -0.25) is 4.79 Å². The maximum absolute atomic E-state index is 11.9. The summed E-state index contributed by atoms with van der Waals surface area (Å²) in [6.07, 6.45) is 1.57. The predicted molar refractivity (Wildman–Crippen MR) is 58.0 cm³/mol. The normalized spacial score (nSPS) is 15.3. The molecule has 1 heterocycles. The molecule has 0 aliphatic carbocycles. The predicted octanol–water partition coefficient (Wildman–Crippen LogP) is -0.151. The van der Waals surface area contributed by atoms with Crippen LogP contribution in [-0.4, -0.2) is 27.1 Å². The second-order valence-corrected chi connectivity index (χ2v) is 3.70. The number of carbonyl (C=O) groups is 1. The number of hydrogen-bond acceptors (Lipinski definition) is 6. The highest BCUT2D eigenvalue weighted by atomic mass is 16.5. The molecule has 1 unspecified atom stereocenters. The van der Waals surface area contributed by atoms with Gasteiger partial charge in [0.05, 0.1) is 6.54 Å². The number of aromatic nitrogens is 2. The Kier molecular flexibility index (Phi) is 4.02. The third-order valence-electron chi connectivity index (χ3n) is 2.70. The SMILES string of the molecule is CCC(C)(C(=O)NCc1ncon1)C(N)=NO. The zero-order chi connectivity index (χ0) is 12.9. The molecular weight excluding hydrogens is 226 g/mol. The zero-order valence-electron chi connectivity index (χ0n) is 9.67. The van der Waals surface area contributed by atoms with E-state index < -0.39 is 5.41 Å². The third kappa shape index (κ3) is 2.71. The van der Waals surface area contributed by atoms with Crippen molar-refractivity contribution >= 4 is 11.7 Å². The van der Waals surface area contributed by atoms with Gasteiger partial charge in [0.1, 0.15) is 5.41 Å². The Hall–Kier alpha value is -2.12. The molecular formula is C9H15N5O3. The van der Waals surface area contributed by atoms with Crippen molar-refractivity contribution in [2.45, 2.75) is 26.8 Å². The summed E-state index contributed by atoms with van der Waals surface area (Å²) in [4.78, 5) is 15.7. The number of oxime groups is 1. The lowest BCUT2D eigenvalue weighted by Crippen LogP contribution is -2.47. The van der Waals surface area contributed by atoms with Crippen molar-refractivity contribution in [3.63, 3.8) is 0 Å². The average Bonchev–Trinajstić information content (AvgIpc) is 2.86. The van der Waals surface area contributed by atoms with Crippen molar-refractivity contribution in [3.05, 3.63) is 12.2 Å². The van der Waals surface area contributed by atoms with Gasteiger partial charge in [-0.25, -0.2) is 0 Å². The van der Waals surface area contributed by atoms with Crippen molar-refractivity contribution in [3.8, 4) is 0 Å². The molecule has 0 saturated carbocycles. The van der Waals surface area contributed by atoms with Crippen LogP contribution < -0.4 is 11.1 Å². The highest BCUT2D eigenvalue weighted by Crippen LogP contribution is 2.21. The summed E-state index contributed by atoms with van der Waals surface area (Å²) >= 11 is 0. The molecule has 1 atom stereocenters. The fourth-order valence-corrected chi connectivity index (χ4v) is 1.19. The van der Waals surface area contributed by atoms with Gasteiger partial charge >= 0.3 is 0 Å². The van der Waals surface area contributed by atoms with Crippen LogP contribution in [0.1, 0.15) is 26.1 Å². The smallest absolute Gasteiger partial charge is 0.234 e. The van der Waals surface area contributed by atoms with Crippen LogP contribution in [0.4, 0.5) is 0 Å². The second kappa shape index (κ2) is 5.28. The number of nitrogens with one attached hydrogen (secondary N) is 1. The van der Waals surface area contributed by atoms with Crippen molar-refractivity contribution in [2.75, 3.05) is 0 Å². The Morgan fingerprint density at radius 1 is 1.76 bits per heavy atom. The molecule has 1 amide bonds. The number of nitrogens with zero attached hydrogens (tertiary/aromatic N) is 3. The van der Waals surface area contributed by atoms with Gasteiger partial charge in [-0.05, 0) is 13.3 Å². The monoisotopic (exact) mass is 241 g/mol. The first-order valence-electron chi connectivity index (χ1n) is 5.06. The van der Waals surface area contributed by atoms with Crippen molar-refractivity contribution in [1.29, 1.82) is 0 Å². The summed E-state index contributed by atoms with van der Waals surface area (Å²) in [6, 6.07) is 0. The molecule has 1 aromatic rings. The van der Waals surface area contributed by atoms with Crippen molar-refractivity contribution in [1.82, 2.24) is 15.5 Å². The van der Waals surface area contributed by atoms with E-state index in [9.17, 15) is 4.79 Å². The Bertz CT molecular complexity index is 403. The van der Waals surface area contributed by atoms with Crippen LogP contribution in [-0.2, 0) is 11.3 Å². The third-order valence-corrected chi connectivity index (χ3v) is 2.70. The van der Waals surface area contributed by atoms with Crippen molar-refractivity contribution < 1.29 is 14.5 Å². The molecule has 17 heavy (non-hydrogen) atoms. The van der Waals surface area contributed by atoms with Crippen LogP contribution in [0.3, 0.4) is 0 Å². The first-order chi connectivity index (χ1) is 8.04. The molecule has 0 bridgehead atoms. The number of carbonyl (C=O) groups excluding carboxylic acids is 1. The van der Waals surface area contributed by atoms with Gasteiger partial charge in [0, 0.05) is 0 Å². The van der Waals surface area contributed by atoms with Crippen LogP contribution in [0.2, 0.25) is 0 Å². The Morgan fingerprint density at radius 2 is 2.47 bits per heavy atom. The summed E-state index contributed by atoms with van der Waals surface area (Å²) in [7, 11) is 0. The van der Waals surface area contributed by atoms with Crippen molar-refractivity contribution in [2.24, 2.45) is 16.3 Å². The maximum Gasteiger partial charge on any atom is 0.234 e. The summed E-state index contributed by atoms with van der Waals surface area (Å²) < 4.78 is 4.53. The van der Waals surface area contributed by atoms with E-state index in [0.29, 0.717) is 12.2 Å². The minimum absolute atomic E-state index is 0.129. The van der Waals surface area contributed by atoms with Crippen LogP contribution in [0, 0.1) is 5.41 Å². The Morgan fingerprint density at radius 3 is 2.94 bits per heavy atom. The van der Waals surface area contributed by atoms with Gasteiger partial charge in [0.2, 0.25) is 12.3 Å².